The Labute approximate surface area is 90.3 Å². The van der Waals surface area contributed by atoms with Crippen LogP contribution in [0.4, 0.5) is 13.2 Å². The molecule has 16 heavy (non-hydrogen) atoms. The van der Waals surface area contributed by atoms with E-state index >= 15 is 0 Å². The zero-order valence-electron chi connectivity index (χ0n) is 8.28. The van der Waals surface area contributed by atoms with Gasteiger partial charge in [0.05, 0.1) is 6.10 Å². The number of aliphatic hydroxyl groups is 1. The molecule has 2 atom stereocenters. The van der Waals surface area contributed by atoms with Crippen molar-refractivity contribution in [3.63, 3.8) is 0 Å². The van der Waals surface area contributed by atoms with Gasteiger partial charge in [-0.2, -0.15) is 13.2 Å². The highest BCUT2D eigenvalue weighted by Gasteiger charge is 2.37. The molecular weight excluding hydrogens is 223 g/mol. The fourth-order valence-corrected chi connectivity index (χ4v) is 1.24. The number of aliphatic hydroxyl groups excluding tert-OH is 1. The lowest BCUT2D eigenvalue weighted by Gasteiger charge is -2.19. The predicted octanol–water partition coefficient (Wildman–Crippen LogP) is 1.71. The molecule has 0 saturated heterocycles. The van der Waals surface area contributed by atoms with Crippen LogP contribution in [0, 0.1) is 0 Å². The number of benzene rings is 1. The summed E-state index contributed by atoms with van der Waals surface area (Å²) in [5.41, 5.74) is 5.09. The third-order valence-corrected chi connectivity index (χ3v) is 2.15. The van der Waals surface area contributed by atoms with Crippen molar-refractivity contribution in [2.45, 2.75) is 24.7 Å². The van der Waals surface area contributed by atoms with Crippen LogP contribution in [0.25, 0.3) is 0 Å². The maximum atomic E-state index is 12.1. The van der Waals surface area contributed by atoms with E-state index in [1.807, 2.05) is 0 Å². The number of phenols is 1. The van der Waals surface area contributed by atoms with Crippen LogP contribution >= 0.6 is 0 Å². The molecule has 1 aromatic carbocycles. The molecule has 3 nitrogen and oxygen atoms in total. The second kappa shape index (κ2) is 4.71. The first kappa shape index (κ1) is 12.8. The molecule has 0 bridgehead atoms. The highest BCUT2D eigenvalue weighted by molar-refractivity contribution is 5.28. The van der Waals surface area contributed by atoms with Crippen molar-refractivity contribution in [1.29, 1.82) is 0 Å². The van der Waals surface area contributed by atoms with Crippen LogP contribution in [0.2, 0.25) is 0 Å². The van der Waals surface area contributed by atoms with Gasteiger partial charge < -0.3 is 15.9 Å². The minimum Gasteiger partial charge on any atom is -0.508 e. The second-order valence-corrected chi connectivity index (χ2v) is 3.49. The molecule has 0 spiro atoms. The van der Waals surface area contributed by atoms with E-state index < -0.39 is 24.7 Å². The molecule has 0 radical (unpaired) electrons. The van der Waals surface area contributed by atoms with E-state index in [0.29, 0.717) is 0 Å². The van der Waals surface area contributed by atoms with E-state index in [9.17, 15) is 18.3 Å². The van der Waals surface area contributed by atoms with Crippen LogP contribution in [0.15, 0.2) is 24.3 Å². The molecule has 0 fully saturated rings. The van der Waals surface area contributed by atoms with Gasteiger partial charge in [-0.15, -0.1) is 0 Å². The van der Waals surface area contributed by atoms with Gasteiger partial charge in [-0.05, 0) is 17.7 Å². The number of nitrogens with two attached hydrogens (primary N) is 1. The second-order valence-electron chi connectivity index (χ2n) is 3.49. The average molecular weight is 235 g/mol. The van der Waals surface area contributed by atoms with Crippen LogP contribution in [-0.4, -0.2) is 22.4 Å². The van der Waals surface area contributed by atoms with Crippen LogP contribution in [0.3, 0.4) is 0 Å². The van der Waals surface area contributed by atoms with Gasteiger partial charge in [-0.25, -0.2) is 0 Å². The minimum atomic E-state index is -4.53. The molecule has 0 aliphatic heterocycles. The van der Waals surface area contributed by atoms with Crippen molar-refractivity contribution in [2.75, 3.05) is 0 Å². The van der Waals surface area contributed by atoms with E-state index in [2.05, 4.69) is 0 Å². The SMILES string of the molecule is N[C@@H](C[C@@H](O)c1cccc(O)c1)C(F)(F)F. The molecule has 1 aromatic rings. The largest absolute Gasteiger partial charge is 0.508 e. The molecule has 0 heterocycles. The summed E-state index contributed by atoms with van der Waals surface area (Å²) in [6, 6.07) is 3.35. The van der Waals surface area contributed by atoms with Crippen molar-refractivity contribution in [3.8, 4) is 5.75 Å². The normalized spacial score (nSPS) is 15.8. The van der Waals surface area contributed by atoms with Gasteiger partial charge in [0.2, 0.25) is 0 Å². The summed E-state index contributed by atoms with van der Waals surface area (Å²) in [6.45, 7) is 0. The number of hydrogen-bond donors (Lipinski definition) is 3. The molecule has 6 heteroatoms. The van der Waals surface area contributed by atoms with Crippen molar-refractivity contribution < 1.29 is 23.4 Å². The number of alkyl halides is 3. The molecule has 0 aliphatic rings. The molecular formula is C10H12F3NO2. The fraction of sp³-hybridized carbons (Fsp3) is 0.400. The lowest BCUT2D eigenvalue weighted by atomic mass is 10.0. The van der Waals surface area contributed by atoms with Gasteiger partial charge in [-0.3, -0.25) is 0 Å². The van der Waals surface area contributed by atoms with Gasteiger partial charge in [0.1, 0.15) is 11.8 Å². The first-order valence-electron chi connectivity index (χ1n) is 4.60. The maximum Gasteiger partial charge on any atom is 0.403 e. The lowest BCUT2D eigenvalue weighted by molar-refractivity contribution is -0.153. The summed E-state index contributed by atoms with van der Waals surface area (Å²) in [5.74, 6) is -0.114. The Morgan fingerprint density at radius 1 is 1.31 bits per heavy atom. The molecule has 0 unspecified atom stereocenters. The van der Waals surface area contributed by atoms with Crippen LogP contribution < -0.4 is 5.73 Å². The highest BCUT2D eigenvalue weighted by Crippen LogP contribution is 2.27. The minimum absolute atomic E-state index is 0.114. The lowest BCUT2D eigenvalue weighted by Crippen LogP contribution is -2.38. The molecule has 90 valence electrons. The van der Waals surface area contributed by atoms with Crippen molar-refractivity contribution in [1.82, 2.24) is 0 Å². The summed E-state index contributed by atoms with van der Waals surface area (Å²) < 4.78 is 36.4. The van der Waals surface area contributed by atoms with Gasteiger partial charge in [0.15, 0.2) is 0 Å². The molecule has 0 amide bonds. The Morgan fingerprint density at radius 2 is 1.94 bits per heavy atom. The Morgan fingerprint density at radius 3 is 2.44 bits per heavy atom. The van der Waals surface area contributed by atoms with E-state index in [4.69, 9.17) is 10.8 Å². The topological polar surface area (TPSA) is 66.5 Å². The fourth-order valence-electron chi connectivity index (χ4n) is 1.24. The van der Waals surface area contributed by atoms with Gasteiger partial charge in [0, 0.05) is 6.42 Å². The van der Waals surface area contributed by atoms with Gasteiger partial charge >= 0.3 is 6.18 Å². The Hall–Kier alpha value is -1.27. The molecule has 0 saturated carbocycles. The summed E-state index contributed by atoms with van der Waals surface area (Å²) in [6.07, 6.45) is -6.51. The van der Waals surface area contributed by atoms with Crippen LogP contribution in [-0.2, 0) is 0 Å². The highest BCUT2D eigenvalue weighted by atomic mass is 19.4. The first-order valence-corrected chi connectivity index (χ1v) is 4.60. The van der Waals surface area contributed by atoms with E-state index in [1.165, 1.54) is 24.3 Å². The van der Waals surface area contributed by atoms with Crippen LogP contribution in [0.5, 0.6) is 5.75 Å². The van der Waals surface area contributed by atoms with Gasteiger partial charge in [-0.1, -0.05) is 12.1 Å². The number of phenolic OH excluding ortho intramolecular Hbond substituents is 1. The number of hydrogen-bond acceptors (Lipinski definition) is 3. The zero-order valence-corrected chi connectivity index (χ0v) is 8.28. The van der Waals surface area contributed by atoms with Gasteiger partial charge in [0.25, 0.3) is 0 Å². The third kappa shape index (κ3) is 3.39. The van der Waals surface area contributed by atoms with Crippen LogP contribution in [0.1, 0.15) is 18.1 Å². The average Bonchev–Trinajstić information content (AvgIpc) is 2.16. The number of rotatable bonds is 3. The van der Waals surface area contributed by atoms with E-state index in [1.54, 1.807) is 0 Å². The summed E-state index contributed by atoms with van der Waals surface area (Å²) >= 11 is 0. The Bertz CT molecular complexity index is 354. The zero-order chi connectivity index (χ0) is 12.3. The quantitative estimate of drug-likeness (QED) is 0.747. The number of halogens is 3. The monoisotopic (exact) mass is 235 g/mol. The first-order chi connectivity index (χ1) is 7.30. The molecule has 4 N–H and O–H groups in total. The third-order valence-electron chi connectivity index (χ3n) is 2.15. The summed E-state index contributed by atoms with van der Waals surface area (Å²) in [4.78, 5) is 0. The predicted molar refractivity (Wildman–Crippen MR) is 51.7 cm³/mol. The Balaban J connectivity index is 2.69. The molecule has 0 aliphatic carbocycles. The van der Waals surface area contributed by atoms with E-state index in [0.717, 1.165) is 0 Å². The number of aromatic hydroxyl groups is 1. The van der Waals surface area contributed by atoms with Crippen molar-refractivity contribution in [2.24, 2.45) is 5.73 Å². The van der Waals surface area contributed by atoms with Crippen molar-refractivity contribution in [3.05, 3.63) is 29.8 Å². The molecule has 1 rings (SSSR count). The Kier molecular flexibility index (Phi) is 3.77. The summed E-state index contributed by atoms with van der Waals surface area (Å²) in [5, 5.41) is 18.6. The van der Waals surface area contributed by atoms with Crippen molar-refractivity contribution >= 4 is 0 Å². The summed E-state index contributed by atoms with van der Waals surface area (Å²) in [7, 11) is 0. The van der Waals surface area contributed by atoms with E-state index in [-0.39, 0.29) is 11.3 Å². The standard InChI is InChI=1S/C10H12F3NO2/c11-10(12,13)9(14)5-8(16)6-2-1-3-7(15)4-6/h1-4,8-9,15-16H,5,14H2/t8-,9+/m1/s1. The smallest absolute Gasteiger partial charge is 0.403 e. The maximum absolute atomic E-state index is 12.1. The molecule has 0 aromatic heterocycles.